The molecule has 3 rings (SSSR count). The van der Waals surface area contributed by atoms with Gasteiger partial charge in [0, 0.05) is 23.6 Å². The molecule has 144 valence electrons. The van der Waals surface area contributed by atoms with Crippen LogP contribution in [0.4, 0.5) is 21.9 Å². The first-order valence-electron chi connectivity index (χ1n) is 8.45. The van der Waals surface area contributed by atoms with Gasteiger partial charge in [0.2, 0.25) is 0 Å². The number of carbonyl (C=O) groups excluding carboxylic acids is 2. The predicted octanol–water partition coefficient (Wildman–Crippen LogP) is 3.25. The highest BCUT2D eigenvalue weighted by atomic mass is 16.6. The molecular weight excluding hydrogens is 364 g/mol. The van der Waals surface area contributed by atoms with E-state index in [1.54, 1.807) is 24.3 Å². The molecule has 1 heterocycles. The first-order chi connectivity index (χ1) is 13.3. The molecule has 4 N–H and O–H groups in total. The lowest BCUT2D eigenvalue weighted by Crippen LogP contribution is -2.34. The minimum absolute atomic E-state index is 0.0140. The number of nitrogens with zero attached hydrogens (tertiary/aromatic N) is 2. The number of hydrogen-bond acceptors (Lipinski definition) is 5. The number of fused-ring (bicyclic) bond motifs is 1. The smallest absolute Gasteiger partial charge is 0.319 e. The summed E-state index contributed by atoms with van der Waals surface area (Å²) in [5, 5.41) is 26.0. The third-order valence-electron chi connectivity index (χ3n) is 3.82. The number of non-ortho nitro benzene ring substituents is 1. The Hall–Kier alpha value is -3.95. The fourth-order valence-electron chi connectivity index (χ4n) is 2.59. The third kappa shape index (κ3) is 4.06. The lowest BCUT2D eigenvalue weighted by atomic mass is 10.1. The van der Waals surface area contributed by atoms with Crippen molar-refractivity contribution in [3.8, 4) is 0 Å². The standard InChI is InChI=1S/C18H18N6O4/c1-10(2)19-18(26)21-15-6-4-3-5-14(15)20-17(25)16-12-9-11(24(27)28)7-8-13(12)22-23-16/h3-10H,1-2H3,(H,20,25)(H,22,23)(H2,19,21,26). The van der Waals surface area contributed by atoms with Gasteiger partial charge < -0.3 is 16.0 Å². The molecule has 0 spiro atoms. The summed E-state index contributed by atoms with van der Waals surface area (Å²) in [7, 11) is 0. The van der Waals surface area contributed by atoms with Gasteiger partial charge in [0.05, 0.1) is 21.8 Å². The van der Waals surface area contributed by atoms with Gasteiger partial charge in [-0.1, -0.05) is 12.1 Å². The molecule has 0 saturated heterocycles. The van der Waals surface area contributed by atoms with Crippen molar-refractivity contribution in [2.45, 2.75) is 19.9 Å². The number of hydrogen-bond donors (Lipinski definition) is 4. The van der Waals surface area contributed by atoms with E-state index in [1.165, 1.54) is 18.2 Å². The monoisotopic (exact) mass is 382 g/mol. The summed E-state index contributed by atoms with van der Waals surface area (Å²) < 4.78 is 0. The Labute approximate surface area is 159 Å². The van der Waals surface area contributed by atoms with E-state index in [9.17, 15) is 19.7 Å². The van der Waals surface area contributed by atoms with Gasteiger partial charge in [-0.3, -0.25) is 20.0 Å². The van der Waals surface area contributed by atoms with Crippen LogP contribution in [0.25, 0.3) is 10.9 Å². The largest absolute Gasteiger partial charge is 0.336 e. The molecular formula is C18H18N6O4. The van der Waals surface area contributed by atoms with Crippen LogP contribution in [0, 0.1) is 10.1 Å². The number of aromatic nitrogens is 2. The van der Waals surface area contributed by atoms with Crippen LogP contribution in [-0.2, 0) is 0 Å². The number of urea groups is 1. The molecule has 3 aromatic rings. The van der Waals surface area contributed by atoms with Gasteiger partial charge in [0.25, 0.3) is 11.6 Å². The molecule has 0 saturated carbocycles. The maximum absolute atomic E-state index is 12.7. The van der Waals surface area contributed by atoms with Gasteiger partial charge in [-0.2, -0.15) is 5.10 Å². The van der Waals surface area contributed by atoms with Crippen molar-refractivity contribution in [3.05, 3.63) is 58.3 Å². The number of amides is 3. The summed E-state index contributed by atoms with van der Waals surface area (Å²) in [6.07, 6.45) is 0. The number of para-hydroxylation sites is 2. The molecule has 0 aliphatic rings. The quantitative estimate of drug-likeness (QED) is 0.396. The van der Waals surface area contributed by atoms with Crippen LogP contribution in [0.3, 0.4) is 0 Å². The average molecular weight is 382 g/mol. The van der Waals surface area contributed by atoms with E-state index in [2.05, 4.69) is 26.1 Å². The van der Waals surface area contributed by atoms with Crippen LogP contribution in [0.5, 0.6) is 0 Å². The Morgan fingerprint density at radius 2 is 1.79 bits per heavy atom. The van der Waals surface area contributed by atoms with Crippen LogP contribution in [0.2, 0.25) is 0 Å². The maximum Gasteiger partial charge on any atom is 0.319 e. The minimum atomic E-state index is -0.565. The maximum atomic E-state index is 12.7. The summed E-state index contributed by atoms with van der Waals surface area (Å²) in [5.41, 5.74) is 1.14. The highest BCUT2D eigenvalue weighted by Gasteiger charge is 2.18. The van der Waals surface area contributed by atoms with E-state index < -0.39 is 16.9 Å². The number of rotatable bonds is 5. The number of nitro benzene ring substituents is 1. The summed E-state index contributed by atoms with van der Waals surface area (Å²) >= 11 is 0. The second kappa shape index (κ2) is 7.74. The number of anilines is 2. The molecule has 3 amide bonds. The zero-order valence-electron chi connectivity index (χ0n) is 15.1. The Balaban J connectivity index is 1.86. The molecule has 10 nitrogen and oxygen atoms in total. The number of H-pyrrole nitrogens is 1. The van der Waals surface area contributed by atoms with Crippen molar-refractivity contribution in [1.29, 1.82) is 0 Å². The number of carbonyl (C=O) groups is 2. The van der Waals surface area contributed by atoms with Crippen molar-refractivity contribution in [2.24, 2.45) is 0 Å². The van der Waals surface area contributed by atoms with Gasteiger partial charge in [-0.05, 0) is 32.0 Å². The van der Waals surface area contributed by atoms with Crippen molar-refractivity contribution in [2.75, 3.05) is 10.6 Å². The van der Waals surface area contributed by atoms with Crippen LogP contribution in [-0.4, -0.2) is 33.1 Å². The van der Waals surface area contributed by atoms with Crippen LogP contribution >= 0.6 is 0 Å². The molecule has 1 aromatic heterocycles. The zero-order chi connectivity index (χ0) is 20.3. The van der Waals surface area contributed by atoms with E-state index in [0.29, 0.717) is 22.3 Å². The topological polar surface area (TPSA) is 142 Å². The van der Waals surface area contributed by atoms with Crippen molar-refractivity contribution >= 4 is 39.9 Å². The molecule has 0 aliphatic carbocycles. The predicted molar refractivity (Wildman–Crippen MR) is 104 cm³/mol. The van der Waals surface area contributed by atoms with Crippen molar-refractivity contribution < 1.29 is 14.5 Å². The number of nitro groups is 1. The van der Waals surface area contributed by atoms with E-state index >= 15 is 0 Å². The Morgan fingerprint density at radius 3 is 2.43 bits per heavy atom. The first kappa shape index (κ1) is 18.8. The number of benzene rings is 2. The van der Waals surface area contributed by atoms with E-state index in [4.69, 9.17) is 0 Å². The molecule has 0 unspecified atom stereocenters. The molecule has 0 bridgehead atoms. The van der Waals surface area contributed by atoms with Gasteiger partial charge in [0.1, 0.15) is 0 Å². The number of nitrogens with one attached hydrogen (secondary N) is 4. The molecule has 10 heteroatoms. The normalized spacial score (nSPS) is 10.7. The lowest BCUT2D eigenvalue weighted by molar-refractivity contribution is -0.384. The summed E-state index contributed by atoms with van der Waals surface area (Å²) in [6.45, 7) is 3.66. The molecule has 28 heavy (non-hydrogen) atoms. The summed E-state index contributed by atoms with van der Waals surface area (Å²) in [4.78, 5) is 35.1. The lowest BCUT2D eigenvalue weighted by Gasteiger charge is -2.14. The minimum Gasteiger partial charge on any atom is -0.336 e. The summed E-state index contributed by atoms with van der Waals surface area (Å²) in [6, 6.07) is 10.3. The van der Waals surface area contributed by atoms with Gasteiger partial charge in [0.15, 0.2) is 5.69 Å². The van der Waals surface area contributed by atoms with Crippen molar-refractivity contribution in [3.63, 3.8) is 0 Å². The fourth-order valence-corrected chi connectivity index (χ4v) is 2.59. The molecule has 0 atom stereocenters. The van der Waals surface area contributed by atoms with Gasteiger partial charge >= 0.3 is 6.03 Å². The fraction of sp³-hybridized carbons (Fsp3) is 0.167. The zero-order valence-corrected chi connectivity index (χ0v) is 15.1. The Kier molecular flexibility index (Phi) is 5.21. The summed E-state index contributed by atoms with van der Waals surface area (Å²) in [5.74, 6) is -0.565. The first-order valence-corrected chi connectivity index (χ1v) is 8.45. The van der Waals surface area contributed by atoms with E-state index in [-0.39, 0.29) is 17.4 Å². The number of aromatic amines is 1. The second-order valence-electron chi connectivity index (χ2n) is 6.31. The molecule has 2 aromatic carbocycles. The molecule has 0 fully saturated rings. The van der Waals surface area contributed by atoms with E-state index in [1.807, 2.05) is 13.8 Å². The van der Waals surface area contributed by atoms with Crippen LogP contribution in [0.1, 0.15) is 24.3 Å². The van der Waals surface area contributed by atoms with Gasteiger partial charge in [-0.15, -0.1) is 0 Å². The molecule has 0 radical (unpaired) electrons. The van der Waals surface area contributed by atoms with Gasteiger partial charge in [-0.25, -0.2) is 4.79 Å². The van der Waals surface area contributed by atoms with Crippen molar-refractivity contribution in [1.82, 2.24) is 15.5 Å². The highest BCUT2D eigenvalue weighted by Crippen LogP contribution is 2.25. The SMILES string of the molecule is CC(C)NC(=O)Nc1ccccc1NC(=O)c1n[nH]c2ccc([N+](=O)[O-])cc12. The third-order valence-corrected chi connectivity index (χ3v) is 3.82. The van der Waals surface area contributed by atoms with Crippen LogP contribution in [0.15, 0.2) is 42.5 Å². The Morgan fingerprint density at radius 1 is 1.11 bits per heavy atom. The average Bonchev–Trinajstić information content (AvgIpc) is 3.05. The highest BCUT2D eigenvalue weighted by molar-refractivity contribution is 6.12. The van der Waals surface area contributed by atoms with E-state index in [0.717, 1.165) is 0 Å². The Bertz CT molecular complexity index is 1060. The second-order valence-corrected chi connectivity index (χ2v) is 6.31. The van der Waals surface area contributed by atoms with Crippen LogP contribution < -0.4 is 16.0 Å². The molecule has 0 aliphatic heterocycles.